The van der Waals surface area contributed by atoms with Crippen LogP contribution in [0.25, 0.3) is 0 Å². The Balaban J connectivity index is 1.98. The number of likely N-dealkylation sites (tertiary alicyclic amines) is 1. The van der Waals surface area contributed by atoms with Crippen molar-refractivity contribution in [2.45, 2.75) is 51.5 Å². The highest BCUT2D eigenvalue weighted by Crippen LogP contribution is 2.27. The van der Waals surface area contributed by atoms with Gasteiger partial charge in [-0.1, -0.05) is 12.8 Å². The van der Waals surface area contributed by atoms with Crippen LogP contribution in [0, 0.1) is 5.92 Å². The standard InChI is InChI=1S/C15H24N2O4/c1-11(18)16-8-6-12(7-9-16)15(21)17(10-14(19)20)13-4-2-3-5-13/h12-13H,2-10H2,1H3,(H,19,20). The summed E-state index contributed by atoms with van der Waals surface area (Å²) in [5.74, 6) is -1.08. The average Bonchev–Trinajstić information content (AvgIpc) is 2.98. The van der Waals surface area contributed by atoms with Gasteiger partial charge in [-0.15, -0.1) is 0 Å². The first kappa shape index (κ1) is 15.8. The van der Waals surface area contributed by atoms with Crippen LogP contribution in [-0.2, 0) is 14.4 Å². The van der Waals surface area contributed by atoms with Crippen LogP contribution in [-0.4, -0.2) is 58.4 Å². The first-order valence-corrected chi connectivity index (χ1v) is 7.77. The number of carboxylic acid groups (broad SMARTS) is 1. The Morgan fingerprint density at radius 1 is 1.10 bits per heavy atom. The van der Waals surface area contributed by atoms with E-state index in [1.807, 2.05) is 0 Å². The van der Waals surface area contributed by atoms with Gasteiger partial charge in [-0.2, -0.15) is 0 Å². The molecule has 1 aliphatic carbocycles. The van der Waals surface area contributed by atoms with Gasteiger partial charge in [0.2, 0.25) is 11.8 Å². The van der Waals surface area contributed by atoms with E-state index in [-0.39, 0.29) is 30.3 Å². The fourth-order valence-electron chi connectivity index (χ4n) is 3.42. The fraction of sp³-hybridized carbons (Fsp3) is 0.800. The molecule has 0 aromatic heterocycles. The largest absolute Gasteiger partial charge is 0.480 e. The van der Waals surface area contributed by atoms with Gasteiger partial charge >= 0.3 is 5.97 Å². The van der Waals surface area contributed by atoms with E-state index >= 15 is 0 Å². The van der Waals surface area contributed by atoms with Gasteiger partial charge in [-0.05, 0) is 25.7 Å². The lowest BCUT2D eigenvalue weighted by Gasteiger charge is -2.35. The van der Waals surface area contributed by atoms with Crippen LogP contribution in [0.3, 0.4) is 0 Å². The molecule has 21 heavy (non-hydrogen) atoms. The molecular weight excluding hydrogens is 272 g/mol. The topological polar surface area (TPSA) is 77.9 Å². The van der Waals surface area contributed by atoms with Gasteiger partial charge in [0.15, 0.2) is 0 Å². The van der Waals surface area contributed by atoms with Crippen molar-refractivity contribution in [1.82, 2.24) is 9.80 Å². The molecule has 118 valence electrons. The molecule has 1 N–H and O–H groups in total. The molecule has 0 radical (unpaired) electrons. The zero-order valence-corrected chi connectivity index (χ0v) is 12.6. The van der Waals surface area contributed by atoms with Crippen LogP contribution in [0.15, 0.2) is 0 Å². The van der Waals surface area contributed by atoms with Crippen molar-refractivity contribution >= 4 is 17.8 Å². The van der Waals surface area contributed by atoms with E-state index in [2.05, 4.69) is 0 Å². The fourth-order valence-corrected chi connectivity index (χ4v) is 3.42. The van der Waals surface area contributed by atoms with Gasteiger partial charge < -0.3 is 14.9 Å². The van der Waals surface area contributed by atoms with Crippen molar-refractivity contribution in [2.24, 2.45) is 5.92 Å². The van der Waals surface area contributed by atoms with E-state index in [1.54, 1.807) is 9.80 Å². The van der Waals surface area contributed by atoms with Gasteiger partial charge in [0, 0.05) is 32.0 Å². The molecule has 2 aliphatic rings. The molecule has 6 nitrogen and oxygen atoms in total. The molecule has 0 atom stereocenters. The highest BCUT2D eigenvalue weighted by molar-refractivity contribution is 5.84. The summed E-state index contributed by atoms with van der Waals surface area (Å²) in [5, 5.41) is 9.06. The maximum absolute atomic E-state index is 12.7. The second-order valence-electron chi connectivity index (χ2n) is 6.08. The number of amides is 2. The Hall–Kier alpha value is -1.59. The first-order chi connectivity index (χ1) is 9.99. The summed E-state index contributed by atoms with van der Waals surface area (Å²) in [6.07, 6.45) is 5.23. The van der Waals surface area contributed by atoms with Gasteiger partial charge in [0.05, 0.1) is 0 Å². The van der Waals surface area contributed by atoms with Gasteiger partial charge in [-0.3, -0.25) is 14.4 Å². The minimum atomic E-state index is -0.948. The van der Waals surface area contributed by atoms with Crippen molar-refractivity contribution in [3.8, 4) is 0 Å². The summed E-state index contributed by atoms with van der Waals surface area (Å²) >= 11 is 0. The summed E-state index contributed by atoms with van der Waals surface area (Å²) in [4.78, 5) is 38.3. The highest BCUT2D eigenvalue weighted by atomic mass is 16.4. The maximum Gasteiger partial charge on any atom is 0.323 e. The summed E-state index contributed by atoms with van der Waals surface area (Å²) in [6, 6.07) is 0.0828. The van der Waals surface area contributed by atoms with Crippen LogP contribution in [0.5, 0.6) is 0 Å². The van der Waals surface area contributed by atoms with Crippen molar-refractivity contribution in [2.75, 3.05) is 19.6 Å². The van der Waals surface area contributed by atoms with Gasteiger partial charge in [-0.25, -0.2) is 0 Å². The molecule has 1 saturated carbocycles. The van der Waals surface area contributed by atoms with Crippen molar-refractivity contribution in [1.29, 1.82) is 0 Å². The van der Waals surface area contributed by atoms with Crippen LogP contribution >= 0.6 is 0 Å². The normalized spacial score (nSPS) is 20.5. The van der Waals surface area contributed by atoms with E-state index in [1.165, 1.54) is 6.92 Å². The summed E-state index contributed by atoms with van der Waals surface area (Å²) in [6.45, 7) is 2.53. The quantitative estimate of drug-likeness (QED) is 0.842. The first-order valence-electron chi connectivity index (χ1n) is 7.77. The minimum Gasteiger partial charge on any atom is -0.480 e. The van der Waals surface area contributed by atoms with E-state index in [0.717, 1.165) is 25.7 Å². The second-order valence-corrected chi connectivity index (χ2v) is 6.08. The molecule has 2 rings (SSSR count). The van der Waals surface area contributed by atoms with Crippen LogP contribution in [0.1, 0.15) is 45.4 Å². The monoisotopic (exact) mass is 296 g/mol. The molecule has 0 aromatic rings. The smallest absolute Gasteiger partial charge is 0.323 e. The van der Waals surface area contributed by atoms with E-state index in [9.17, 15) is 14.4 Å². The predicted molar refractivity (Wildman–Crippen MR) is 76.6 cm³/mol. The molecule has 6 heteroatoms. The Kier molecular flexibility index (Phi) is 5.20. The van der Waals surface area contributed by atoms with E-state index in [4.69, 9.17) is 5.11 Å². The Morgan fingerprint density at radius 2 is 1.67 bits per heavy atom. The SMILES string of the molecule is CC(=O)N1CCC(C(=O)N(CC(=O)O)C2CCCC2)CC1. The average molecular weight is 296 g/mol. The molecule has 0 aromatic carbocycles. The number of nitrogens with zero attached hydrogens (tertiary/aromatic N) is 2. The Labute approximate surface area is 125 Å². The van der Waals surface area contributed by atoms with E-state index in [0.29, 0.717) is 25.9 Å². The number of rotatable bonds is 4. The Morgan fingerprint density at radius 3 is 2.14 bits per heavy atom. The van der Waals surface area contributed by atoms with Crippen LogP contribution in [0.2, 0.25) is 0 Å². The third kappa shape index (κ3) is 3.95. The highest BCUT2D eigenvalue weighted by Gasteiger charge is 2.34. The lowest BCUT2D eigenvalue weighted by Crippen LogP contribution is -2.48. The molecule has 2 fully saturated rings. The zero-order valence-electron chi connectivity index (χ0n) is 12.6. The van der Waals surface area contributed by atoms with Crippen LogP contribution < -0.4 is 0 Å². The zero-order chi connectivity index (χ0) is 15.4. The number of aliphatic carboxylic acids is 1. The summed E-state index contributed by atoms with van der Waals surface area (Å²) < 4.78 is 0. The van der Waals surface area contributed by atoms with Crippen molar-refractivity contribution in [3.63, 3.8) is 0 Å². The summed E-state index contributed by atoms with van der Waals surface area (Å²) in [5.41, 5.74) is 0. The molecule has 1 aliphatic heterocycles. The second kappa shape index (κ2) is 6.91. The van der Waals surface area contributed by atoms with Gasteiger partial charge in [0.1, 0.15) is 6.54 Å². The predicted octanol–water partition coefficient (Wildman–Crippen LogP) is 1.10. The molecule has 1 saturated heterocycles. The molecule has 0 spiro atoms. The third-order valence-electron chi connectivity index (χ3n) is 4.64. The van der Waals surface area contributed by atoms with Crippen molar-refractivity contribution in [3.05, 3.63) is 0 Å². The number of carbonyl (C=O) groups is 3. The third-order valence-corrected chi connectivity index (χ3v) is 4.64. The number of carbonyl (C=O) groups excluding carboxylic acids is 2. The van der Waals surface area contributed by atoms with E-state index < -0.39 is 5.97 Å². The molecular formula is C15H24N2O4. The summed E-state index contributed by atoms with van der Waals surface area (Å²) in [7, 11) is 0. The van der Waals surface area contributed by atoms with Gasteiger partial charge in [0.25, 0.3) is 0 Å². The van der Waals surface area contributed by atoms with Crippen molar-refractivity contribution < 1.29 is 19.5 Å². The number of piperidine rings is 1. The number of carboxylic acids is 1. The lowest BCUT2D eigenvalue weighted by atomic mass is 9.94. The number of hydrogen-bond donors (Lipinski definition) is 1. The molecule has 1 heterocycles. The molecule has 0 unspecified atom stereocenters. The minimum absolute atomic E-state index is 0.0347. The van der Waals surface area contributed by atoms with Crippen LogP contribution in [0.4, 0.5) is 0 Å². The molecule has 2 amide bonds. The number of hydrogen-bond acceptors (Lipinski definition) is 3. The maximum atomic E-state index is 12.7. The molecule has 0 bridgehead atoms. The Bertz CT molecular complexity index is 410. The lowest BCUT2D eigenvalue weighted by molar-refractivity contribution is -0.149.